The first kappa shape index (κ1) is 18.7. The van der Waals surface area contributed by atoms with Crippen LogP contribution in [0.1, 0.15) is 33.6 Å². The average Bonchev–Trinajstić information content (AvgIpc) is 2.48. The molecule has 0 radical (unpaired) electrons. The fourth-order valence-electron chi connectivity index (χ4n) is 1.79. The van der Waals surface area contributed by atoms with Crippen molar-refractivity contribution in [3.63, 3.8) is 0 Å². The molecule has 0 aromatic carbocycles. The van der Waals surface area contributed by atoms with Gasteiger partial charge in [-0.2, -0.15) is 0 Å². The Morgan fingerprint density at radius 3 is 2.95 bits per heavy atom. The smallest absolute Gasteiger partial charge is 0.223 e. The van der Waals surface area contributed by atoms with Crippen LogP contribution in [0, 0.1) is 0 Å². The Morgan fingerprint density at radius 2 is 2.32 bits per heavy atom. The topological polar surface area (TPSA) is 37.2 Å². The number of rotatable bonds is 6. The van der Waals surface area contributed by atoms with Crippen LogP contribution in [0.4, 0.5) is 0 Å². The third-order valence-corrected chi connectivity index (χ3v) is 3.92. The third-order valence-electron chi connectivity index (χ3n) is 3.35. The molecule has 1 aliphatic heterocycles. The first-order valence-electron chi connectivity index (χ1n) is 7.61. The summed E-state index contributed by atoms with van der Waals surface area (Å²) in [6.07, 6.45) is 7.41. The molecule has 22 heavy (non-hydrogen) atoms. The lowest BCUT2D eigenvalue weighted by Gasteiger charge is -2.17. The highest BCUT2D eigenvalue weighted by atomic mass is 79.9. The maximum absolute atomic E-state index is 5.89. The molecule has 0 bridgehead atoms. The van der Waals surface area contributed by atoms with Crippen LogP contribution in [0.15, 0.2) is 44.5 Å². The lowest BCUT2D eigenvalue weighted by Crippen LogP contribution is -2.16. The van der Waals surface area contributed by atoms with E-state index in [0.717, 1.165) is 29.6 Å². The number of hydrogen-bond acceptors (Lipinski definition) is 3. The predicted octanol–water partition coefficient (Wildman–Crippen LogP) is 4.30. The molecule has 122 valence electrons. The van der Waals surface area contributed by atoms with Crippen molar-refractivity contribution in [1.29, 1.82) is 0 Å². The highest BCUT2D eigenvalue weighted by Crippen LogP contribution is 2.22. The molecule has 0 saturated carbocycles. The van der Waals surface area contributed by atoms with Crippen LogP contribution in [0.5, 0.6) is 0 Å². The van der Waals surface area contributed by atoms with Gasteiger partial charge in [0.2, 0.25) is 5.90 Å². The quantitative estimate of drug-likeness (QED) is 0.398. The van der Waals surface area contributed by atoms with Gasteiger partial charge in [0.25, 0.3) is 0 Å². The fourth-order valence-corrected chi connectivity index (χ4v) is 2.23. The summed E-state index contributed by atoms with van der Waals surface area (Å²) in [5.41, 5.74) is 2.18. The van der Waals surface area contributed by atoms with Crippen LogP contribution in [0.2, 0.25) is 0 Å². The Kier molecular flexibility index (Phi) is 8.17. The molecule has 0 N–H and O–H groups in total. The molecule has 1 heterocycles. The monoisotopic (exact) mass is 367 g/mol. The Bertz CT molecular complexity index is 506. The zero-order valence-electron chi connectivity index (χ0n) is 14.0. The van der Waals surface area contributed by atoms with Gasteiger partial charge in [-0.05, 0) is 54.8 Å². The first-order chi connectivity index (χ1) is 10.5. The van der Waals surface area contributed by atoms with Gasteiger partial charge in [-0.3, -0.25) is 4.99 Å². The van der Waals surface area contributed by atoms with Gasteiger partial charge in [0, 0.05) is 26.6 Å². The summed E-state index contributed by atoms with van der Waals surface area (Å²) in [4.78, 5) is 11.2. The van der Waals surface area contributed by atoms with E-state index in [0.29, 0.717) is 12.4 Å². The number of ether oxygens (including phenoxy) is 1. The van der Waals surface area contributed by atoms with E-state index < -0.39 is 0 Å². The highest BCUT2D eigenvalue weighted by Gasteiger charge is 2.13. The van der Waals surface area contributed by atoms with E-state index in [1.54, 1.807) is 0 Å². The van der Waals surface area contributed by atoms with Gasteiger partial charge in [0.1, 0.15) is 6.10 Å². The Balaban J connectivity index is 2.95. The number of hydrogen-bond donors (Lipinski definition) is 0. The number of allylic oxidation sites excluding steroid dienone is 1. The van der Waals surface area contributed by atoms with Crippen molar-refractivity contribution in [3.8, 4) is 0 Å². The third kappa shape index (κ3) is 6.18. The van der Waals surface area contributed by atoms with E-state index in [-0.39, 0.29) is 6.10 Å². The molecule has 0 fully saturated rings. The number of halogens is 1. The van der Waals surface area contributed by atoms with E-state index in [2.05, 4.69) is 46.3 Å². The molecule has 0 aliphatic carbocycles. The molecule has 0 aromatic heterocycles. The summed E-state index contributed by atoms with van der Waals surface area (Å²) in [5, 5.41) is 0. The SMILES string of the molecule is C=CCC(C)OC1=NCCC(C)=C(N=CN(C)CC)C=C1Br. The molecule has 0 amide bonds. The van der Waals surface area contributed by atoms with Crippen molar-refractivity contribution < 1.29 is 4.74 Å². The summed E-state index contributed by atoms with van der Waals surface area (Å²) in [6.45, 7) is 11.6. The molecular formula is C17H26BrN3O. The number of aliphatic imine (C=N–C) groups is 2. The van der Waals surface area contributed by atoms with Crippen molar-refractivity contribution in [2.24, 2.45) is 9.98 Å². The van der Waals surface area contributed by atoms with Crippen molar-refractivity contribution in [2.45, 2.75) is 39.7 Å². The molecule has 0 spiro atoms. The Hall–Kier alpha value is -1.36. The van der Waals surface area contributed by atoms with E-state index in [9.17, 15) is 0 Å². The zero-order chi connectivity index (χ0) is 16.5. The molecule has 0 saturated heterocycles. The van der Waals surface area contributed by atoms with E-state index >= 15 is 0 Å². The van der Waals surface area contributed by atoms with Gasteiger partial charge in [-0.25, -0.2) is 4.99 Å². The second kappa shape index (κ2) is 9.62. The van der Waals surface area contributed by atoms with Gasteiger partial charge in [-0.1, -0.05) is 6.08 Å². The lowest BCUT2D eigenvalue weighted by atomic mass is 10.1. The summed E-state index contributed by atoms with van der Waals surface area (Å²) in [7, 11) is 2.01. The minimum Gasteiger partial charge on any atom is -0.474 e. The molecule has 1 atom stereocenters. The van der Waals surface area contributed by atoms with Crippen LogP contribution in [0.25, 0.3) is 0 Å². The molecule has 1 rings (SSSR count). The Morgan fingerprint density at radius 1 is 1.59 bits per heavy atom. The van der Waals surface area contributed by atoms with Crippen molar-refractivity contribution in [1.82, 2.24) is 4.90 Å². The standard InChI is InChI=1S/C17H26BrN3O/c1-6-8-14(4)22-17-15(18)11-16(13(3)9-10-19-17)20-12-21(5)7-2/h6,11-12,14H,1,7-10H2,2-5H3. The van der Waals surface area contributed by atoms with Crippen LogP contribution >= 0.6 is 15.9 Å². The van der Waals surface area contributed by atoms with Gasteiger partial charge in [0.15, 0.2) is 0 Å². The molecule has 1 aliphatic rings. The van der Waals surface area contributed by atoms with Crippen molar-refractivity contribution >= 4 is 28.2 Å². The summed E-state index contributed by atoms with van der Waals surface area (Å²) in [6, 6.07) is 0. The van der Waals surface area contributed by atoms with Gasteiger partial charge < -0.3 is 9.64 Å². The molecule has 4 nitrogen and oxygen atoms in total. The van der Waals surface area contributed by atoms with Crippen LogP contribution in [0.3, 0.4) is 0 Å². The molecule has 1 unspecified atom stereocenters. The van der Waals surface area contributed by atoms with Gasteiger partial charge in [-0.15, -0.1) is 6.58 Å². The Labute approximate surface area is 142 Å². The van der Waals surface area contributed by atoms with Crippen LogP contribution < -0.4 is 0 Å². The first-order valence-corrected chi connectivity index (χ1v) is 8.41. The molecule has 5 heteroatoms. The van der Waals surface area contributed by atoms with E-state index in [1.807, 2.05) is 37.4 Å². The van der Waals surface area contributed by atoms with E-state index in [4.69, 9.17) is 4.74 Å². The average molecular weight is 368 g/mol. The minimum atomic E-state index is 0.0554. The maximum atomic E-state index is 5.89. The summed E-state index contributed by atoms with van der Waals surface area (Å²) in [5.74, 6) is 0.637. The lowest BCUT2D eigenvalue weighted by molar-refractivity contribution is 0.212. The molecular weight excluding hydrogens is 342 g/mol. The minimum absolute atomic E-state index is 0.0554. The summed E-state index contributed by atoms with van der Waals surface area (Å²) >= 11 is 3.57. The van der Waals surface area contributed by atoms with Crippen LogP contribution in [-0.2, 0) is 4.74 Å². The normalized spacial score (nSPS) is 17.5. The van der Waals surface area contributed by atoms with E-state index in [1.165, 1.54) is 5.57 Å². The second-order valence-corrected chi connectivity index (χ2v) is 6.22. The van der Waals surface area contributed by atoms with Gasteiger partial charge >= 0.3 is 0 Å². The zero-order valence-corrected chi connectivity index (χ0v) is 15.6. The predicted molar refractivity (Wildman–Crippen MR) is 98.8 cm³/mol. The maximum Gasteiger partial charge on any atom is 0.223 e. The van der Waals surface area contributed by atoms with Crippen molar-refractivity contribution in [3.05, 3.63) is 34.5 Å². The summed E-state index contributed by atoms with van der Waals surface area (Å²) < 4.78 is 6.72. The fraction of sp³-hybridized carbons (Fsp3) is 0.529. The number of nitrogens with zero attached hydrogens (tertiary/aromatic N) is 3. The van der Waals surface area contributed by atoms with Gasteiger partial charge in [0.05, 0.1) is 16.5 Å². The van der Waals surface area contributed by atoms with Crippen molar-refractivity contribution in [2.75, 3.05) is 20.1 Å². The van der Waals surface area contributed by atoms with Crippen LogP contribution in [-0.4, -0.2) is 43.4 Å². The largest absolute Gasteiger partial charge is 0.474 e. The highest BCUT2D eigenvalue weighted by molar-refractivity contribution is 9.12. The second-order valence-electron chi connectivity index (χ2n) is 5.37. The molecule has 0 aromatic rings.